The number of benzene rings is 3. The highest BCUT2D eigenvalue weighted by Gasteiger charge is 2.41. The van der Waals surface area contributed by atoms with E-state index in [1.54, 1.807) is 6.07 Å². The van der Waals surface area contributed by atoms with Crippen molar-refractivity contribution in [2.75, 3.05) is 4.90 Å². The second-order valence-electron chi connectivity index (χ2n) is 8.13. The van der Waals surface area contributed by atoms with Crippen molar-refractivity contribution in [2.45, 2.75) is 16.8 Å². The van der Waals surface area contributed by atoms with Crippen LogP contribution in [-0.4, -0.2) is 37.2 Å². The van der Waals surface area contributed by atoms with Gasteiger partial charge in [-0.05, 0) is 29.0 Å². The minimum Gasteiger partial charge on any atom is -0.361 e. The third-order valence-corrected chi connectivity index (χ3v) is 7.27. The highest BCUT2D eigenvalue weighted by molar-refractivity contribution is 8.00. The van der Waals surface area contributed by atoms with Gasteiger partial charge in [-0.15, -0.1) is 10.2 Å². The molecule has 0 bridgehead atoms. The number of anilines is 1. The summed E-state index contributed by atoms with van der Waals surface area (Å²) in [7, 11) is 0. The fourth-order valence-electron chi connectivity index (χ4n) is 4.74. The summed E-state index contributed by atoms with van der Waals surface area (Å²) in [5.74, 6) is -0.486. The Hall–Kier alpha value is -4.04. The largest absolute Gasteiger partial charge is 0.361 e. The normalized spacial score (nSPS) is 16.8. The molecule has 0 radical (unpaired) electrons. The molecule has 1 atom stereocenters. The molecule has 1 fully saturated rings. The number of amides is 2. The van der Waals surface area contributed by atoms with Crippen molar-refractivity contribution in [3.05, 3.63) is 66.9 Å². The Balaban J connectivity index is 1.21. The average molecular weight is 449 g/mol. The van der Waals surface area contributed by atoms with Crippen molar-refractivity contribution >= 4 is 50.9 Å². The fraction of sp³-hybridized carbons (Fsp3) is 0.0800. The molecule has 8 heteroatoms. The van der Waals surface area contributed by atoms with Crippen LogP contribution in [0.3, 0.4) is 0 Å². The maximum absolute atomic E-state index is 13.2. The molecule has 1 aliphatic carbocycles. The minimum absolute atomic E-state index is 0.0997. The van der Waals surface area contributed by atoms with Crippen LogP contribution >= 0.6 is 11.8 Å². The molecule has 1 saturated heterocycles. The van der Waals surface area contributed by atoms with Crippen molar-refractivity contribution < 1.29 is 9.59 Å². The number of H-pyrrole nitrogens is 1. The van der Waals surface area contributed by atoms with E-state index < -0.39 is 5.25 Å². The Bertz CT molecular complexity index is 1640. The van der Waals surface area contributed by atoms with E-state index in [1.165, 1.54) is 16.7 Å². The quantitative estimate of drug-likeness (QED) is 0.398. The zero-order chi connectivity index (χ0) is 22.1. The van der Waals surface area contributed by atoms with E-state index in [9.17, 15) is 9.59 Å². The molecular formula is C25H15N5O2S. The van der Waals surface area contributed by atoms with E-state index in [0.29, 0.717) is 10.8 Å². The predicted octanol–water partition coefficient (Wildman–Crippen LogP) is 4.58. The lowest BCUT2D eigenvalue weighted by atomic mass is 10.0. The van der Waals surface area contributed by atoms with E-state index in [-0.39, 0.29) is 18.2 Å². The van der Waals surface area contributed by atoms with Gasteiger partial charge >= 0.3 is 0 Å². The van der Waals surface area contributed by atoms with Crippen molar-refractivity contribution in [3.63, 3.8) is 0 Å². The summed E-state index contributed by atoms with van der Waals surface area (Å²) in [6.07, 6.45) is 1.93. The van der Waals surface area contributed by atoms with E-state index in [1.807, 2.05) is 48.7 Å². The lowest BCUT2D eigenvalue weighted by Crippen LogP contribution is -2.31. The zero-order valence-corrected chi connectivity index (χ0v) is 18.0. The number of nitrogens with zero attached hydrogens (tertiary/aromatic N) is 4. The Labute approximate surface area is 191 Å². The third-order valence-electron chi connectivity index (χ3n) is 6.23. The third kappa shape index (κ3) is 2.67. The molecule has 3 aromatic carbocycles. The second-order valence-corrected chi connectivity index (χ2v) is 9.30. The first-order valence-electron chi connectivity index (χ1n) is 10.6. The SMILES string of the molecule is O=C1CC(Sc2nnc3c(n2)-c2cccc4cccc-3c24)C(=O)N1c1ccc2cc[nH]c2c1. The summed E-state index contributed by atoms with van der Waals surface area (Å²) < 4.78 is 0. The van der Waals surface area contributed by atoms with Crippen LogP contribution in [0.4, 0.5) is 5.69 Å². The number of hydrogen-bond donors (Lipinski definition) is 1. The first-order valence-corrected chi connectivity index (χ1v) is 11.4. The molecule has 2 aliphatic rings. The molecule has 33 heavy (non-hydrogen) atoms. The molecule has 3 heterocycles. The molecule has 2 amide bonds. The number of carbonyl (C=O) groups excluding carboxylic acids is 2. The number of imide groups is 1. The maximum Gasteiger partial charge on any atom is 0.247 e. The molecular weight excluding hydrogens is 434 g/mol. The van der Waals surface area contributed by atoms with Crippen LogP contribution in [0.5, 0.6) is 0 Å². The molecule has 7 nitrogen and oxygen atoms in total. The van der Waals surface area contributed by atoms with Gasteiger partial charge in [0.15, 0.2) is 0 Å². The minimum atomic E-state index is -0.587. The topological polar surface area (TPSA) is 91.8 Å². The van der Waals surface area contributed by atoms with Gasteiger partial charge < -0.3 is 4.98 Å². The highest BCUT2D eigenvalue weighted by Crippen LogP contribution is 2.45. The van der Waals surface area contributed by atoms with E-state index >= 15 is 0 Å². The lowest BCUT2D eigenvalue weighted by molar-refractivity contribution is -0.121. The Morgan fingerprint density at radius 2 is 1.73 bits per heavy atom. The Morgan fingerprint density at radius 1 is 0.909 bits per heavy atom. The predicted molar refractivity (Wildman–Crippen MR) is 127 cm³/mol. The van der Waals surface area contributed by atoms with Gasteiger partial charge in [0.1, 0.15) is 16.6 Å². The first kappa shape index (κ1) is 18.5. The summed E-state index contributed by atoms with van der Waals surface area (Å²) in [6.45, 7) is 0. The van der Waals surface area contributed by atoms with Gasteiger partial charge in [0.2, 0.25) is 17.0 Å². The summed E-state index contributed by atoms with van der Waals surface area (Å²) >= 11 is 1.20. The van der Waals surface area contributed by atoms with Gasteiger partial charge in [0.25, 0.3) is 0 Å². The van der Waals surface area contributed by atoms with Gasteiger partial charge in [-0.3, -0.25) is 9.59 Å². The van der Waals surface area contributed by atoms with Crippen LogP contribution in [0.15, 0.2) is 72.0 Å². The fourth-order valence-corrected chi connectivity index (χ4v) is 5.65. The Kier molecular flexibility index (Phi) is 3.78. The van der Waals surface area contributed by atoms with Gasteiger partial charge in [0, 0.05) is 34.6 Å². The number of rotatable bonds is 3. The van der Waals surface area contributed by atoms with Crippen LogP contribution in [0, 0.1) is 0 Å². The van der Waals surface area contributed by atoms with Crippen LogP contribution in [-0.2, 0) is 9.59 Å². The second kappa shape index (κ2) is 6.73. The summed E-state index contributed by atoms with van der Waals surface area (Å²) in [5, 5.41) is 11.8. The molecule has 0 spiro atoms. The standard InChI is InChI=1S/C25H15N5O2S/c31-20-12-19(24(32)30(20)15-8-7-13-9-10-26-18(13)11-15)33-25-27-22-16-5-1-3-14-4-2-6-17(21(14)16)23(22)28-29-25/h1-11,19,26H,12H2. The average Bonchev–Trinajstić information content (AvgIpc) is 3.50. The van der Waals surface area contributed by atoms with Crippen molar-refractivity contribution in [2.24, 2.45) is 0 Å². The summed E-state index contributed by atoms with van der Waals surface area (Å²) in [6, 6.07) is 19.7. The monoisotopic (exact) mass is 449 g/mol. The number of aromatic nitrogens is 4. The molecule has 1 unspecified atom stereocenters. The van der Waals surface area contributed by atoms with Gasteiger partial charge in [0.05, 0.1) is 5.69 Å². The smallest absolute Gasteiger partial charge is 0.247 e. The summed E-state index contributed by atoms with van der Waals surface area (Å²) in [4.78, 5) is 35.0. The molecule has 2 aromatic heterocycles. The number of fused-ring (bicyclic) bond motifs is 4. The van der Waals surface area contributed by atoms with Crippen molar-refractivity contribution in [3.8, 4) is 22.5 Å². The molecule has 158 valence electrons. The van der Waals surface area contributed by atoms with Gasteiger partial charge in [-0.2, -0.15) is 0 Å². The number of aromatic amines is 1. The molecule has 1 N–H and O–H groups in total. The van der Waals surface area contributed by atoms with Crippen LogP contribution in [0.2, 0.25) is 0 Å². The van der Waals surface area contributed by atoms with E-state index in [0.717, 1.165) is 44.2 Å². The van der Waals surface area contributed by atoms with Crippen LogP contribution in [0.1, 0.15) is 6.42 Å². The number of carbonyl (C=O) groups is 2. The molecule has 7 rings (SSSR count). The van der Waals surface area contributed by atoms with E-state index in [4.69, 9.17) is 4.98 Å². The van der Waals surface area contributed by atoms with Crippen molar-refractivity contribution in [1.29, 1.82) is 0 Å². The Morgan fingerprint density at radius 3 is 2.58 bits per heavy atom. The lowest BCUT2D eigenvalue weighted by Gasteiger charge is -2.15. The molecule has 5 aromatic rings. The molecule has 1 aliphatic heterocycles. The highest BCUT2D eigenvalue weighted by atomic mass is 32.2. The summed E-state index contributed by atoms with van der Waals surface area (Å²) in [5.41, 5.74) is 5.01. The number of nitrogens with one attached hydrogen (secondary N) is 1. The van der Waals surface area contributed by atoms with Crippen molar-refractivity contribution in [1.82, 2.24) is 20.2 Å². The van der Waals surface area contributed by atoms with Gasteiger partial charge in [-0.1, -0.05) is 54.2 Å². The number of thioether (sulfide) groups is 1. The van der Waals surface area contributed by atoms with Crippen LogP contribution < -0.4 is 4.90 Å². The van der Waals surface area contributed by atoms with E-state index in [2.05, 4.69) is 27.3 Å². The molecule has 0 saturated carbocycles. The first-order chi connectivity index (χ1) is 16.2. The van der Waals surface area contributed by atoms with Crippen LogP contribution in [0.25, 0.3) is 44.2 Å². The zero-order valence-electron chi connectivity index (χ0n) is 17.1. The van der Waals surface area contributed by atoms with Gasteiger partial charge in [-0.25, -0.2) is 9.88 Å². The number of hydrogen-bond acceptors (Lipinski definition) is 6. The maximum atomic E-state index is 13.2.